The number of anilines is 1. The number of thiazole rings is 1. The summed E-state index contributed by atoms with van der Waals surface area (Å²) in [6.45, 7) is 4.06. The van der Waals surface area contributed by atoms with Crippen LogP contribution in [0.1, 0.15) is 26.0 Å². The molecule has 2 heterocycles. The summed E-state index contributed by atoms with van der Waals surface area (Å²) in [5, 5.41) is 6.67. The molecule has 0 bridgehead atoms. The zero-order valence-electron chi connectivity index (χ0n) is 15.7. The molecule has 0 spiro atoms. The van der Waals surface area contributed by atoms with Crippen LogP contribution >= 0.6 is 23.1 Å². The van der Waals surface area contributed by atoms with Crippen molar-refractivity contribution in [3.8, 4) is 0 Å². The zero-order valence-corrected chi connectivity index (χ0v) is 17.3. The highest BCUT2D eigenvalue weighted by Gasteiger charge is 2.20. The topological polar surface area (TPSA) is 81.2 Å². The highest BCUT2D eigenvalue weighted by molar-refractivity contribution is 8.00. The molecule has 6 nitrogen and oxygen atoms in total. The molecule has 0 aliphatic heterocycles. The number of nitrogens with one attached hydrogen (secondary N) is 1. The van der Waals surface area contributed by atoms with Crippen LogP contribution in [0.3, 0.4) is 0 Å². The normalized spacial score (nSPS) is 11.9. The first-order valence-electron chi connectivity index (χ1n) is 9.02. The number of aromatic nitrogens is 2. The number of ether oxygens (including phenoxy) is 1. The minimum Gasteiger partial charge on any atom is -0.466 e. The molecule has 0 radical (unpaired) electrons. The molecule has 146 valence electrons. The van der Waals surface area contributed by atoms with Crippen LogP contribution in [-0.2, 0) is 20.7 Å². The van der Waals surface area contributed by atoms with Crippen molar-refractivity contribution in [1.82, 2.24) is 9.97 Å². The minimum absolute atomic E-state index is 0.104. The van der Waals surface area contributed by atoms with Crippen molar-refractivity contribution < 1.29 is 14.3 Å². The molecular weight excluding hydrogens is 394 g/mol. The van der Waals surface area contributed by atoms with Crippen molar-refractivity contribution in [2.24, 2.45) is 0 Å². The first-order valence-corrected chi connectivity index (χ1v) is 10.8. The molecule has 1 atom stereocenters. The standard InChI is InChI=1S/C20H21N3O3S2/c1-3-16(28-17-10-9-13-7-5-6-8-15(13)22-17)19(25)23-20-21-14(12-27-20)11-18(24)26-4-2/h5-10,12,16H,3-4,11H2,1-2H3,(H,21,23,25). The Hall–Kier alpha value is -2.45. The molecule has 0 aliphatic rings. The summed E-state index contributed by atoms with van der Waals surface area (Å²) in [7, 11) is 0. The predicted octanol–water partition coefficient (Wildman–Crippen LogP) is 4.31. The number of carbonyl (C=O) groups is 2. The molecule has 8 heteroatoms. The monoisotopic (exact) mass is 415 g/mol. The van der Waals surface area contributed by atoms with Gasteiger partial charge in [0.2, 0.25) is 5.91 Å². The summed E-state index contributed by atoms with van der Waals surface area (Å²) in [6.07, 6.45) is 0.763. The molecule has 0 saturated carbocycles. The SMILES string of the molecule is CCOC(=O)Cc1csc(NC(=O)C(CC)Sc2ccc3ccccc3n2)n1. The maximum atomic E-state index is 12.7. The Balaban J connectivity index is 1.63. The van der Waals surface area contributed by atoms with Gasteiger partial charge in [0.25, 0.3) is 0 Å². The smallest absolute Gasteiger partial charge is 0.311 e. The third kappa shape index (κ3) is 5.30. The number of nitrogens with zero attached hydrogens (tertiary/aromatic N) is 2. The molecule has 28 heavy (non-hydrogen) atoms. The molecule has 2 aromatic heterocycles. The van der Waals surface area contributed by atoms with Crippen molar-refractivity contribution in [2.45, 2.75) is 37.0 Å². The van der Waals surface area contributed by atoms with Gasteiger partial charge in [-0.1, -0.05) is 43.0 Å². The van der Waals surface area contributed by atoms with Crippen LogP contribution in [0.15, 0.2) is 46.8 Å². The van der Waals surface area contributed by atoms with Crippen molar-refractivity contribution in [3.63, 3.8) is 0 Å². The number of thioether (sulfide) groups is 1. The Morgan fingerprint density at radius 2 is 2.00 bits per heavy atom. The molecule has 1 N–H and O–H groups in total. The number of hydrogen-bond acceptors (Lipinski definition) is 7. The van der Waals surface area contributed by atoms with Crippen LogP contribution in [0.5, 0.6) is 0 Å². The lowest BCUT2D eigenvalue weighted by atomic mass is 10.2. The van der Waals surface area contributed by atoms with Gasteiger partial charge >= 0.3 is 5.97 Å². The number of pyridine rings is 1. The van der Waals surface area contributed by atoms with Gasteiger partial charge in [0.1, 0.15) is 0 Å². The second-order valence-electron chi connectivity index (χ2n) is 5.97. The van der Waals surface area contributed by atoms with Gasteiger partial charge in [0.15, 0.2) is 5.13 Å². The first-order chi connectivity index (χ1) is 13.6. The predicted molar refractivity (Wildman–Crippen MR) is 113 cm³/mol. The van der Waals surface area contributed by atoms with E-state index in [1.54, 1.807) is 12.3 Å². The zero-order chi connectivity index (χ0) is 19.9. The summed E-state index contributed by atoms with van der Waals surface area (Å²) in [5.41, 5.74) is 1.50. The van der Waals surface area contributed by atoms with Crippen LogP contribution in [0.25, 0.3) is 10.9 Å². The number of carbonyl (C=O) groups excluding carboxylic acids is 2. The van der Waals surface area contributed by atoms with Crippen LogP contribution in [-0.4, -0.2) is 33.7 Å². The molecule has 0 aliphatic carbocycles. The number of fused-ring (bicyclic) bond motifs is 1. The van der Waals surface area contributed by atoms with E-state index in [0.29, 0.717) is 23.9 Å². The van der Waals surface area contributed by atoms with E-state index in [2.05, 4.69) is 15.3 Å². The Bertz CT molecular complexity index is 974. The lowest BCUT2D eigenvalue weighted by Gasteiger charge is -2.13. The van der Waals surface area contributed by atoms with Crippen LogP contribution < -0.4 is 5.32 Å². The first kappa shape index (κ1) is 20.3. The van der Waals surface area contributed by atoms with Crippen LogP contribution in [0, 0.1) is 0 Å². The number of hydrogen-bond donors (Lipinski definition) is 1. The molecule has 3 aromatic rings. The number of rotatable bonds is 8. The largest absolute Gasteiger partial charge is 0.466 e. The lowest BCUT2D eigenvalue weighted by Crippen LogP contribution is -2.24. The lowest BCUT2D eigenvalue weighted by molar-refractivity contribution is -0.142. The second-order valence-corrected chi connectivity index (χ2v) is 8.05. The van der Waals surface area contributed by atoms with Crippen LogP contribution in [0.2, 0.25) is 0 Å². The highest BCUT2D eigenvalue weighted by Crippen LogP contribution is 2.27. The fourth-order valence-corrected chi connectivity index (χ4v) is 4.21. The van der Waals surface area contributed by atoms with E-state index >= 15 is 0 Å². The second kappa shape index (κ2) is 9.66. The molecule has 0 fully saturated rings. The Morgan fingerprint density at radius 3 is 2.79 bits per heavy atom. The molecule has 3 rings (SSSR count). The Labute approximate surface area is 171 Å². The fourth-order valence-electron chi connectivity index (χ4n) is 2.57. The fraction of sp³-hybridized carbons (Fsp3) is 0.300. The number of esters is 1. The van der Waals surface area contributed by atoms with Gasteiger partial charge in [0, 0.05) is 10.8 Å². The van der Waals surface area contributed by atoms with Gasteiger partial charge < -0.3 is 10.1 Å². The molecule has 1 unspecified atom stereocenters. The quantitative estimate of drug-likeness (QED) is 0.436. The molecular formula is C20H21N3O3S2. The maximum absolute atomic E-state index is 12.7. The van der Waals surface area contributed by atoms with Gasteiger partial charge in [-0.3, -0.25) is 9.59 Å². The van der Waals surface area contributed by atoms with E-state index in [9.17, 15) is 9.59 Å². The number of para-hydroxylation sites is 1. The average molecular weight is 416 g/mol. The summed E-state index contributed by atoms with van der Waals surface area (Å²) >= 11 is 2.73. The third-order valence-electron chi connectivity index (χ3n) is 3.91. The maximum Gasteiger partial charge on any atom is 0.311 e. The van der Waals surface area contributed by atoms with E-state index in [4.69, 9.17) is 4.74 Å². The van der Waals surface area contributed by atoms with E-state index in [1.807, 2.05) is 43.3 Å². The van der Waals surface area contributed by atoms with Gasteiger partial charge in [-0.2, -0.15) is 0 Å². The van der Waals surface area contributed by atoms with Crippen molar-refractivity contribution >= 4 is 51.0 Å². The van der Waals surface area contributed by atoms with Crippen LogP contribution in [0.4, 0.5) is 5.13 Å². The summed E-state index contributed by atoms with van der Waals surface area (Å²) in [4.78, 5) is 33.1. The summed E-state index contributed by atoms with van der Waals surface area (Å²) in [6, 6.07) is 11.8. The number of amides is 1. The van der Waals surface area contributed by atoms with E-state index < -0.39 is 0 Å². The molecule has 1 aromatic carbocycles. The number of benzene rings is 1. The highest BCUT2D eigenvalue weighted by atomic mass is 32.2. The summed E-state index contributed by atoms with van der Waals surface area (Å²) in [5.74, 6) is -0.450. The van der Waals surface area contributed by atoms with Crippen molar-refractivity contribution in [2.75, 3.05) is 11.9 Å². The van der Waals surface area contributed by atoms with Gasteiger partial charge in [-0.25, -0.2) is 9.97 Å². The molecule has 0 saturated heterocycles. The van der Waals surface area contributed by atoms with Gasteiger partial charge in [-0.05, 0) is 25.5 Å². The van der Waals surface area contributed by atoms with Gasteiger partial charge in [-0.15, -0.1) is 11.3 Å². The Morgan fingerprint density at radius 1 is 1.18 bits per heavy atom. The van der Waals surface area contributed by atoms with Crippen molar-refractivity contribution in [3.05, 3.63) is 47.5 Å². The van der Waals surface area contributed by atoms with Gasteiger partial charge in [0.05, 0.1) is 34.5 Å². The van der Waals surface area contributed by atoms with E-state index in [0.717, 1.165) is 15.9 Å². The van der Waals surface area contributed by atoms with E-state index in [-0.39, 0.29) is 23.5 Å². The minimum atomic E-state index is -0.324. The van der Waals surface area contributed by atoms with E-state index in [1.165, 1.54) is 23.1 Å². The Kier molecular flexibility index (Phi) is 7.00. The third-order valence-corrected chi connectivity index (χ3v) is 6.02. The molecule has 1 amide bonds. The summed E-state index contributed by atoms with van der Waals surface area (Å²) < 4.78 is 4.92. The average Bonchev–Trinajstić information content (AvgIpc) is 3.12. The van der Waals surface area contributed by atoms with Crippen molar-refractivity contribution in [1.29, 1.82) is 0 Å².